The molecule has 5 heterocycles. The van der Waals surface area contributed by atoms with Gasteiger partial charge in [-0.15, -0.1) is 0 Å². The van der Waals surface area contributed by atoms with E-state index in [-0.39, 0.29) is 31.6 Å². The molecule has 3 aromatic rings. The highest BCUT2D eigenvalue weighted by Crippen LogP contribution is 2.34. The molecule has 0 bridgehead atoms. The highest BCUT2D eigenvalue weighted by molar-refractivity contribution is 6.29. The number of ether oxygens (including phenoxy) is 1. The van der Waals surface area contributed by atoms with E-state index in [0.29, 0.717) is 35.3 Å². The number of aliphatic imine (C=N–C) groups is 1. The van der Waals surface area contributed by atoms with Gasteiger partial charge in [-0.1, -0.05) is 11.6 Å². The van der Waals surface area contributed by atoms with Crippen LogP contribution in [0.3, 0.4) is 0 Å². The van der Waals surface area contributed by atoms with E-state index in [0.717, 1.165) is 27.9 Å². The van der Waals surface area contributed by atoms with E-state index in [1.54, 1.807) is 25.3 Å². The minimum Gasteiger partial charge on any atom is -0.500 e. The molecule has 13 heteroatoms. The molecule has 1 saturated heterocycles. The van der Waals surface area contributed by atoms with Gasteiger partial charge in [-0.3, -0.25) is 19.4 Å². The predicted molar refractivity (Wildman–Crippen MR) is 162 cm³/mol. The van der Waals surface area contributed by atoms with Gasteiger partial charge in [0.15, 0.2) is 0 Å². The molecule has 0 spiro atoms. The standard InChI is InChI=1S/C31H34ClF3N6O3/c1-18-13-26(44-4)24(30(43)38-18)16-37-29(42)23-15-25-22(21-5-7-36-27(32)14-21)6-8-41(25)28(19(23)2)20(3)40-11-9-39(10-12-40)17-31(33,34)35/h5-8,13-15,20,24H,9-12,16-17H2,1-4H3,(H,37,42)/t20-,24?/m0/s1. The van der Waals surface area contributed by atoms with E-state index < -0.39 is 24.5 Å². The Labute approximate surface area is 258 Å². The number of fused-ring (bicyclic) bond motifs is 1. The van der Waals surface area contributed by atoms with Crippen molar-refractivity contribution in [1.29, 1.82) is 0 Å². The van der Waals surface area contributed by atoms with Gasteiger partial charge in [0.05, 0.1) is 19.2 Å². The molecule has 0 saturated carbocycles. The van der Waals surface area contributed by atoms with Gasteiger partial charge in [0.1, 0.15) is 16.8 Å². The lowest BCUT2D eigenvalue weighted by molar-refractivity contribution is -0.149. The van der Waals surface area contributed by atoms with Crippen molar-refractivity contribution in [1.82, 2.24) is 24.5 Å². The minimum atomic E-state index is -4.25. The van der Waals surface area contributed by atoms with Gasteiger partial charge in [-0.25, -0.2) is 9.98 Å². The van der Waals surface area contributed by atoms with Crippen molar-refractivity contribution in [3.63, 3.8) is 0 Å². The molecule has 1 fully saturated rings. The Balaban J connectivity index is 1.50. The Bertz CT molecular complexity index is 1640. The molecule has 1 N–H and O–H groups in total. The number of nitrogens with zero attached hydrogens (tertiary/aromatic N) is 5. The summed E-state index contributed by atoms with van der Waals surface area (Å²) in [5.74, 6) is -1.08. The zero-order chi connectivity index (χ0) is 31.8. The number of carbonyl (C=O) groups is 2. The fraction of sp³-hybridized carbons (Fsp3) is 0.419. The summed E-state index contributed by atoms with van der Waals surface area (Å²) in [6.07, 6.45) is 0.967. The number of allylic oxidation sites excluding steroid dienone is 1. The maximum Gasteiger partial charge on any atom is 0.401 e. The summed E-state index contributed by atoms with van der Waals surface area (Å²) in [4.78, 5) is 38.0. The maximum absolute atomic E-state index is 13.8. The number of amides is 2. The third-order valence-electron chi connectivity index (χ3n) is 8.27. The van der Waals surface area contributed by atoms with E-state index in [9.17, 15) is 22.8 Å². The number of hydrogen-bond donors (Lipinski definition) is 1. The van der Waals surface area contributed by atoms with Crippen LogP contribution in [0.15, 0.2) is 53.5 Å². The average molecular weight is 631 g/mol. The van der Waals surface area contributed by atoms with Gasteiger partial charge in [-0.05, 0) is 62.2 Å². The molecule has 2 atom stereocenters. The lowest BCUT2D eigenvalue weighted by Gasteiger charge is -2.39. The number of alkyl halides is 3. The SMILES string of the molecule is COC1=CC(C)=NC(=O)C1CNC(=O)c1cc2c(-c3ccnc(Cl)c3)ccn2c([C@H](C)N2CCN(CC(F)(F)F)CC2)c1C. The predicted octanol–water partition coefficient (Wildman–Crippen LogP) is 5.08. The summed E-state index contributed by atoms with van der Waals surface area (Å²) in [6.45, 7) is 6.09. The van der Waals surface area contributed by atoms with Crippen LogP contribution in [0, 0.1) is 12.8 Å². The Hall–Kier alpha value is -3.74. The zero-order valence-corrected chi connectivity index (χ0v) is 25.7. The second-order valence-electron chi connectivity index (χ2n) is 11.1. The monoisotopic (exact) mass is 630 g/mol. The van der Waals surface area contributed by atoms with Crippen molar-refractivity contribution in [2.45, 2.75) is 33.0 Å². The van der Waals surface area contributed by atoms with Gasteiger partial charge >= 0.3 is 6.18 Å². The molecular weight excluding hydrogens is 597 g/mol. The highest BCUT2D eigenvalue weighted by atomic mass is 35.5. The largest absolute Gasteiger partial charge is 0.500 e. The first-order valence-electron chi connectivity index (χ1n) is 14.3. The fourth-order valence-electron chi connectivity index (χ4n) is 6.06. The number of hydrogen-bond acceptors (Lipinski definition) is 6. The molecule has 0 radical (unpaired) electrons. The van der Waals surface area contributed by atoms with Crippen LogP contribution in [-0.2, 0) is 9.53 Å². The average Bonchev–Trinajstić information content (AvgIpc) is 3.38. The lowest BCUT2D eigenvalue weighted by atomic mass is 9.98. The molecule has 0 aliphatic carbocycles. The van der Waals surface area contributed by atoms with Crippen molar-refractivity contribution in [3.05, 3.63) is 70.5 Å². The second kappa shape index (κ2) is 12.7. The van der Waals surface area contributed by atoms with E-state index in [2.05, 4.69) is 20.2 Å². The molecular formula is C31H34ClF3N6O3. The third-order valence-corrected chi connectivity index (χ3v) is 8.48. The first-order chi connectivity index (χ1) is 20.9. The summed E-state index contributed by atoms with van der Waals surface area (Å²) in [7, 11) is 1.47. The number of methoxy groups -OCH3 is 1. The van der Waals surface area contributed by atoms with Crippen LogP contribution in [0.5, 0.6) is 0 Å². The van der Waals surface area contributed by atoms with Gasteiger partial charge in [0, 0.05) is 73.7 Å². The fourth-order valence-corrected chi connectivity index (χ4v) is 6.23. The van der Waals surface area contributed by atoms with Gasteiger partial charge in [0.25, 0.3) is 11.8 Å². The Morgan fingerprint density at radius 1 is 1.18 bits per heavy atom. The molecule has 1 unspecified atom stereocenters. The van der Waals surface area contributed by atoms with E-state index in [1.165, 1.54) is 12.0 Å². The second-order valence-corrected chi connectivity index (χ2v) is 11.5. The maximum atomic E-state index is 13.8. The summed E-state index contributed by atoms with van der Waals surface area (Å²) >= 11 is 6.20. The van der Waals surface area contributed by atoms with Crippen molar-refractivity contribution in [2.24, 2.45) is 10.9 Å². The first kappa shape index (κ1) is 31.7. The minimum absolute atomic E-state index is 0.00137. The Morgan fingerprint density at radius 2 is 1.91 bits per heavy atom. The number of dihydropyridines is 1. The molecule has 234 valence electrons. The summed E-state index contributed by atoms with van der Waals surface area (Å²) in [5, 5.41) is 3.23. The molecule has 5 rings (SSSR count). The van der Waals surface area contributed by atoms with E-state index >= 15 is 0 Å². The van der Waals surface area contributed by atoms with Gasteiger partial charge in [0.2, 0.25) is 0 Å². The molecule has 3 aromatic heterocycles. The number of nitrogens with one attached hydrogen (secondary N) is 1. The molecule has 9 nitrogen and oxygen atoms in total. The van der Waals surface area contributed by atoms with Crippen molar-refractivity contribution in [3.8, 4) is 11.1 Å². The van der Waals surface area contributed by atoms with Crippen molar-refractivity contribution >= 4 is 34.6 Å². The van der Waals surface area contributed by atoms with Crippen LogP contribution >= 0.6 is 11.6 Å². The Kier molecular flexibility index (Phi) is 9.15. The molecule has 2 amide bonds. The molecule has 2 aliphatic heterocycles. The van der Waals surface area contributed by atoms with Crippen LogP contribution in [-0.4, -0.2) is 89.3 Å². The van der Waals surface area contributed by atoms with Crippen LogP contribution in [0.25, 0.3) is 16.6 Å². The zero-order valence-electron chi connectivity index (χ0n) is 24.9. The third kappa shape index (κ3) is 6.67. The number of rotatable bonds is 8. The number of pyridine rings is 2. The summed E-state index contributed by atoms with van der Waals surface area (Å²) in [6, 6.07) is 7.11. The molecule has 44 heavy (non-hydrogen) atoms. The summed E-state index contributed by atoms with van der Waals surface area (Å²) < 4.78 is 46.4. The number of carbonyl (C=O) groups excluding carboxylic acids is 2. The number of aromatic nitrogens is 2. The van der Waals surface area contributed by atoms with Crippen molar-refractivity contribution in [2.75, 3.05) is 46.4 Å². The smallest absolute Gasteiger partial charge is 0.401 e. The Morgan fingerprint density at radius 3 is 2.57 bits per heavy atom. The van der Waals surface area contributed by atoms with Crippen LogP contribution in [0.4, 0.5) is 13.2 Å². The quantitative estimate of drug-likeness (QED) is 0.349. The molecule has 2 aliphatic rings. The first-order valence-corrected chi connectivity index (χ1v) is 14.7. The number of halogens is 4. The molecule has 0 aromatic carbocycles. The normalized spacial score (nSPS) is 19.1. The van der Waals surface area contributed by atoms with E-state index in [1.807, 2.05) is 42.6 Å². The van der Waals surface area contributed by atoms with Gasteiger partial charge < -0.3 is 14.5 Å². The van der Waals surface area contributed by atoms with Crippen LogP contribution in [0.2, 0.25) is 5.15 Å². The number of piperazine rings is 1. The van der Waals surface area contributed by atoms with Crippen molar-refractivity contribution < 1.29 is 27.5 Å². The van der Waals surface area contributed by atoms with Crippen LogP contribution < -0.4 is 5.32 Å². The highest BCUT2D eigenvalue weighted by Gasteiger charge is 2.34. The topological polar surface area (TPSA) is 91.5 Å². The lowest BCUT2D eigenvalue weighted by Crippen LogP contribution is -2.50. The van der Waals surface area contributed by atoms with Gasteiger partial charge in [-0.2, -0.15) is 13.2 Å². The summed E-state index contributed by atoms with van der Waals surface area (Å²) in [5.41, 5.74) is 4.93. The van der Waals surface area contributed by atoms with E-state index in [4.69, 9.17) is 16.3 Å². The van der Waals surface area contributed by atoms with Crippen LogP contribution in [0.1, 0.15) is 41.5 Å².